The molecule has 118 valence electrons. The molecule has 0 saturated heterocycles. The molecule has 0 aliphatic carbocycles. The van der Waals surface area contributed by atoms with Crippen LogP contribution < -0.4 is 0 Å². The summed E-state index contributed by atoms with van der Waals surface area (Å²) in [5.41, 5.74) is 0. The third-order valence-corrected chi connectivity index (χ3v) is 5.52. The molecule has 0 aliphatic heterocycles. The van der Waals surface area contributed by atoms with Gasteiger partial charge in [0, 0.05) is 0 Å². The zero-order valence-electron chi connectivity index (χ0n) is 14.5. The van der Waals surface area contributed by atoms with E-state index in [-0.39, 0.29) is 0 Å². The summed E-state index contributed by atoms with van der Waals surface area (Å²) in [4.78, 5) is 0. The van der Waals surface area contributed by atoms with Crippen molar-refractivity contribution in [3.63, 3.8) is 0 Å². The van der Waals surface area contributed by atoms with Crippen molar-refractivity contribution in [2.45, 2.75) is 64.2 Å². The Morgan fingerprint density at radius 2 is 1.00 bits per heavy atom. The quantitative estimate of drug-likeness (QED) is 0.285. The summed E-state index contributed by atoms with van der Waals surface area (Å²) in [6, 6.07) is 2.10. The molecule has 0 N–H and O–H groups in total. The lowest BCUT2D eigenvalue weighted by Gasteiger charge is -2.19. The molecule has 0 aromatic carbocycles. The molecule has 0 aromatic rings. The van der Waals surface area contributed by atoms with Crippen LogP contribution in [0.1, 0.15) is 12.8 Å². The lowest BCUT2D eigenvalue weighted by atomic mass is 10.3. The number of allylic oxidation sites excluding steroid dienone is 2. The van der Waals surface area contributed by atoms with E-state index in [0.29, 0.717) is 0 Å². The van der Waals surface area contributed by atoms with E-state index in [1.54, 1.807) is 0 Å². The summed E-state index contributed by atoms with van der Waals surface area (Å²) in [5, 5.41) is 0. The van der Waals surface area contributed by atoms with E-state index >= 15 is 0 Å². The van der Waals surface area contributed by atoms with Crippen LogP contribution >= 0.6 is 0 Å². The fourth-order valence-corrected chi connectivity index (χ4v) is 4.49. The molecule has 0 aliphatic rings. The Labute approximate surface area is 128 Å². The van der Waals surface area contributed by atoms with Gasteiger partial charge in [-0.05, 0) is 24.9 Å². The van der Waals surface area contributed by atoms with Crippen LogP contribution in [-0.4, -0.2) is 29.4 Å². The number of hydrogen-bond donors (Lipinski definition) is 0. The van der Waals surface area contributed by atoms with Crippen LogP contribution in [-0.2, 0) is 9.47 Å². The highest BCUT2D eigenvalue weighted by molar-refractivity contribution is 6.76. The molecule has 0 rings (SSSR count). The van der Waals surface area contributed by atoms with Crippen molar-refractivity contribution in [1.29, 1.82) is 0 Å². The Kier molecular flexibility index (Phi) is 8.51. The summed E-state index contributed by atoms with van der Waals surface area (Å²) < 4.78 is 11.3. The highest BCUT2D eigenvalue weighted by Crippen LogP contribution is 2.17. The Bertz CT molecular complexity index is 279. The number of rotatable bonds is 11. The molecule has 0 bridgehead atoms. The molecule has 20 heavy (non-hydrogen) atoms. The Balaban J connectivity index is 3.54. The molecule has 2 nitrogen and oxygen atoms in total. The lowest BCUT2D eigenvalue weighted by Crippen LogP contribution is -2.20. The SMILES string of the molecule is C=C(C[Si](C)(C)C)OCCCCOC(=C)C[Si](C)(C)C. The monoisotopic (exact) mass is 314 g/mol. The zero-order valence-corrected chi connectivity index (χ0v) is 16.5. The topological polar surface area (TPSA) is 18.5 Å². The van der Waals surface area contributed by atoms with Gasteiger partial charge in [0.2, 0.25) is 0 Å². The second-order valence-electron chi connectivity index (χ2n) is 7.96. The Hall–Kier alpha value is -0.486. The summed E-state index contributed by atoms with van der Waals surface area (Å²) in [6.07, 6.45) is 2.04. The molecule has 0 fully saturated rings. The number of hydrogen-bond acceptors (Lipinski definition) is 2. The largest absolute Gasteiger partial charge is 0.499 e. The maximum Gasteiger partial charge on any atom is 0.0878 e. The first-order valence-corrected chi connectivity index (χ1v) is 15.0. The molecule has 0 amide bonds. The van der Waals surface area contributed by atoms with Crippen molar-refractivity contribution in [1.82, 2.24) is 0 Å². The summed E-state index contributed by atoms with van der Waals surface area (Å²) >= 11 is 0. The van der Waals surface area contributed by atoms with E-state index in [9.17, 15) is 0 Å². The zero-order chi connectivity index (χ0) is 15.8. The smallest absolute Gasteiger partial charge is 0.0878 e. The maximum atomic E-state index is 5.67. The standard InChI is InChI=1S/C16H34O2Si2/c1-15(13-19(3,4)5)17-11-9-10-12-18-16(2)14-20(6,7)8/h1-2,9-14H2,3-8H3. The van der Waals surface area contributed by atoms with E-state index in [1.807, 2.05) is 0 Å². The first-order valence-electron chi connectivity index (χ1n) is 7.61. The minimum absolute atomic E-state index is 0.757. The molecular weight excluding hydrogens is 280 g/mol. The summed E-state index contributed by atoms with van der Waals surface area (Å²) in [6.45, 7) is 23.5. The van der Waals surface area contributed by atoms with Crippen molar-refractivity contribution < 1.29 is 9.47 Å². The second kappa shape index (κ2) is 8.72. The fourth-order valence-electron chi connectivity index (χ4n) is 1.92. The molecule has 0 radical (unpaired) electrons. The Morgan fingerprint density at radius 1 is 0.700 bits per heavy atom. The number of unbranched alkanes of at least 4 members (excludes halogenated alkanes) is 1. The predicted molar refractivity (Wildman–Crippen MR) is 95.7 cm³/mol. The van der Waals surface area contributed by atoms with E-state index in [4.69, 9.17) is 9.47 Å². The minimum atomic E-state index is -1.09. The van der Waals surface area contributed by atoms with Gasteiger partial charge in [-0.15, -0.1) is 0 Å². The van der Waals surface area contributed by atoms with Crippen molar-refractivity contribution in [2.24, 2.45) is 0 Å². The summed E-state index contributed by atoms with van der Waals surface area (Å²) in [5.74, 6) is 1.90. The van der Waals surface area contributed by atoms with Gasteiger partial charge in [-0.1, -0.05) is 52.4 Å². The van der Waals surface area contributed by atoms with Gasteiger partial charge in [-0.3, -0.25) is 0 Å². The van der Waals surface area contributed by atoms with Gasteiger partial charge in [0.25, 0.3) is 0 Å². The van der Waals surface area contributed by atoms with Gasteiger partial charge in [-0.2, -0.15) is 0 Å². The first-order chi connectivity index (χ1) is 8.99. The van der Waals surface area contributed by atoms with Crippen LogP contribution in [0.5, 0.6) is 0 Å². The van der Waals surface area contributed by atoms with Gasteiger partial charge in [0.15, 0.2) is 0 Å². The average Bonchev–Trinajstić information content (AvgIpc) is 2.17. The molecule has 0 aromatic heterocycles. The molecular formula is C16H34O2Si2. The summed E-state index contributed by atoms with van der Waals surface area (Å²) in [7, 11) is -2.18. The molecule has 0 atom stereocenters. The minimum Gasteiger partial charge on any atom is -0.499 e. The molecule has 0 unspecified atom stereocenters. The second-order valence-corrected chi connectivity index (χ2v) is 18.9. The predicted octanol–water partition coefficient (Wildman–Crippen LogP) is 5.50. The third kappa shape index (κ3) is 13.9. The normalized spacial score (nSPS) is 12.1. The van der Waals surface area contributed by atoms with Gasteiger partial charge in [-0.25, -0.2) is 0 Å². The van der Waals surface area contributed by atoms with Crippen molar-refractivity contribution in [3.8, 4) is 0 Å². The lowest BCUT2D eigenvalue weighted by molar-refractivity contribution is 0.175. The van der Waals surface area contributed by atoms with Crippen LogP contribution in [0.2, 0.25) is 51.4 Å². The highest BCUT2D eigenvalue weighted by atomic mass is 28.3. The fraction of sp³-hybridized carbons (Fsp3) is 0.750. The molecule has 0 heterocycles. The van der Waals surface area contributed by atoms with Crippen LogP contribution in [0.15, 0.2) is 24.7 Å². The first kappa shape index (κ1) is 19.5. The van der Waals surface area contributed by atoms with Gasteiger partial charge < -0.3 is 9.47 Å². The average molecular weight is 315 g/mol. The number of ether oxygens (including phenoxy) is 2. The van der Waals surface area contributed by atoms with Crippen LogP contribution in [0.4, 0.5) is 0 Å². The molecule has 0 spiro atoms. The molecule has 0 saturated carbocycles. The van der Waals surface area contributed by atoms with Crippen LogP contribution in [0.25, 0.3) is 0 Å². The van der Waals surface area contributed by atoms with Crippen LogP contribution in [0.3, 0.4) is 0 Å². The highest BCUT2D eigenvalue weighted by Gasteiger charge is 2.16. The van der Waals surface area contributed by atoms with Crippen molar-refractivity contribution >= 4 is 16.1 Å². The van der Waals surface area contributed by atoms with Gasteiger partial charge in [0.1, 0.15) is 0 Å². The van der Waals surface area contributed by atoms with Crippen molar-refractivity contribution in [3.05, 3.63) is 24.7 Å². The van der Waals surface area contributed by atoms with Gasteiger partial charge >= 0.3 is 0 Å². The van der Waals surface area contributed by atoms with E-state index in [2.05, 4.69) is 52.4 Å². The van der Waals surface area contributed by atoms with E-state index in [0.717, 1.165) is 49.7 Å². The van der Waals surface area contributed by atoms with Gasteiger partial charge in [0.05, 0.1) is 40.9 Å². The van der Waals surface area contributed by atoms with Crippen LogP contribution in [0, 0.1) is 0 Å². The Morgan fingerprint density at radius 3 is 1.25 bits per heavy atom. The third-order valence-electron chi connectivity index (χ3n) is 2.61. The maximum absolute atomic E-state index is 5.67. The molecule has 4 heteroatoms. The van der Waals surface area contributed by atoms with E-state index in [1.165, 1.54) is 0 Å². The van der Waals surface area contributed by atoms with Crippen molar-refractivity contribution in [2.75, 3.05) is 13.2 Å². The van der Waals surface area contributed by atoms with E-state index < -0.39 is 16.1 Å².